The first-order chi connectivity index (χ1) is 6.97. The van der Waals surface area contributed by atoms with Crippen LogP contribution in [-0.4, -0.2) is 20.8 Å². The maximum absolute atomic E-state index is 11.6. The zero-order valence-electron chi connectivity index (χ0n) is 7.50. The molecule has 0 heterocycles. The van der Waals surface area contributed by atoms with Gasteiger partial charge in [0, 0.05) is 12.4 Å². The highest BCUT2D eigenvalue weighted by Gasteiger charge is 2.14. The Labute approximate surface area is 103 Å². The second-order valence-electron chi connectivity index (χ2n) is 2.66. The molecule has 0 radical (unpaired) electrons. The highest BCUT2D eigenvalue weighted by Crippen LogP contribution is 2.24. The van der Waals surface area contributed by atoms with E-state index in [1.807, 2.05) is 0 Å². The number of benzene rings is 1. The lowest BCUT2D eigenvalue weighted by Crippen LogP contribution is -2.25. The van der Waals surface area contributed by atoms with Crippen LogP contribution >= 0.6 is 34.8 Å². The first kappa shape index (κ1) is 13.1. The van der Waals surface area contributed by atoms with Gasteiger partial charge in [0.1, 0.15) is 0 Å². The van der Waals surface area contributed by atoms with Crippen molar-refractivity contribution >= 4 is 44.8 Å². The van der Waals surface area contributed by atoms with Gasteiger partial charge in [0.25, 0.3) is 0 Å². The third kappa shape index (κ3) is 3.50. The lowest BCUT2D eigenvalue weighted by atomic mass is 10.4. The molecule has 0 aromatic heterocycles. The van der Waals surface area contributed by atoms with Crippen LogP contribution in [0.15, 0.2) is 23.1 Å². The van der Waals surface area contributed by atoms with Gasteiger partial charge >= 0.3 is 0 Å². The highest BCUT2D eigenvalue weighted by molar-refractivity contribution is 7.89. The largest absolute Gasteiger partial charge is 0.240 e. The molecule has 1 aromatic rings. The van der Waals surface area contributed by atoms with E-state index in [1.54, 1.807) is 0 Å². The first-order valence-corrected chi connectivity index (χ1v) is 6.75. The molecule has 0 atom stereocenters. The fraction of sp³-hybridized carbons (Fsp3) is 0.250. The minimum absolute atomic E-state index is 0.0713. The first-order valence-electron chi connectivity index (χ1n) is 3.98. The van der Waals surface area contributed by atoms with Crippen molar-refractivity contribution in [3.8, 4) is 0 Å². The Hall–Kier alpha value is -0.000000000000000111. The quantitative estimate of drug-likeness (QED) is 0.865. The van der Waals surface area contributed by atoms with Gasteiger partial charge in [-0.05, 0) is 18.2 Å². The molecule has 1 N–H and O–H groups in total. The minimum Gasteiger partial charge on any atom is -0.210 e. The van der Waals surface area contributed by atoms with Crippen molar-refractivity contribution < 1.29 is 8.42 Å². The number of hydrogen-bond acceptors (Lipinski definition) is 2. The summed E-state index contributed by atoms with van der Waals surface area (Å²) in [6.45, 7) is 0.171. The SMILES string of the molecule is O=S(=O)(NCCCl)c1ccc(Cl)c(Cl)c1. The van der Waals surface area contributed by atoms with Crippen molar-refractivity contribution in [2.24, 2.45) is 0 Å². The molecule has 0 saturated heterocycles. The van der Waals surface area contributed by atoms with Crippen molar-refractivity contribution in [1.29, 1.82) is 0 Å². The summed E-state index contributed by atoms with van der Waals surface area (Å²) in [5.74, 6) is 0.209. The summed E-state index contributed by atoms with van der Waals surface area (Å²) in [4.78, 5) is 0.0713. The van der Waals surface area contributed by atoms with Crippen molar-refractivity contribution in [3.63, 3.8) is 0 Å². The zero-order chi connectivity index (χ0) is 11.5. The van der Waals surface area contributed by atoms with E-state index in [-0.39, 0.29) is 22.3 Å². The fourth-order valence-corrected chi connectivity index (χ4v) is 2.53. The van der Waals surface area contributed by atoms with E-state index in [4.69, 9.17) is 34.8 Å². The molecule has 0 aliphatic carbocycles. The van der Waals surface area contributed by atoms with Gasteiger partial charge in [0.05, 0.1) is 14.9 Å². The maximum atomic E-state index is 11.6. The second-order valence-corrected chi connectivity index (χ2v) is 5.62. The lowest BCUT2D eigenvalue weighted by molar-refractivity contribution is 0.584. The number of sulfonamides is 1. The highest BCUT2D eigenvalue weighted by atomic mass is 35.5. The average Bonchev–Trinajstić information content (AvgIpc) is 2.19. The predicted octanol–water partition coefficient (Wildman–Crippen LogP) is 2.51. The van der Waals surface area contributed by atoms with Gasteiger partial charge in [-0.2, -0.15) is 0 Å². The summed E-state index contributed by atoms with van der Waals surface area (Å²) in [6.07, 6.45) is 0. The fourth-order valence-electron chi connectivity index (χ4n) is 0.900. The van der Waals surface area contributed by atoms with Crippen LogP contribution in [0, 0.1) is 0 Å². The Morgan fingerprint density at radius 3 is 2.40 bits per heavy atom. The molecule has 0 fully saturated rings. The van der Waals surface area contributed by atoms with Crippen molar-refractivity contribution in [2.75, 3.05) is 12.4 Å². The molecular formula is C8H8Cl3NO2S. The molecule has 0 amide bonds. The number of nitrogens with one attached hydrogen (secondary N) is 1. The number of hydrogen-bond donors (Lipinski definition) is 1. The van der Waals surface area contributed by atoms with Crippen LogP contribution in [0.1, 0.15) is 0 Å². The average molecular weight is 289 g/mol. The molecule has 0 aliphatic rings. The van der Waals surface area contributed by atoms with E-state index >= 15 is 0 Å². The topological polar surface area (TPSA) is 46.2 Å². The molecule has 84 valence electrons. The molecule has 15 heavy (non-hydrogen) atoms. The van der Waals surface area contributed by atoms with Gasteiger partial charge in [-0.1, -0.05) is 23.2 Å². The molecular weight excluding hydrogens is 281 g/mol. The van der Waals surface area contributed by atoms with E-state index in [2.05, 4.69) is 4.72 Å². The summed E-state index contributed by atoms with van der Waals surface area (Å²) in [6, 6.07) is 4.10. The molecule has 1 aromatic carbocycles. The smallest absolute Gasteiger partial charge is 0.210 e. The number of halogens is 3. The zero-order valence-corrected chi connectivity index (χ0v) is 10.6. The molecule has 0 spiro atoms. The Kier molecular flexibility index (Phi) is 4.67. The third-order valence-corrected chi connectivity index (χ3v) is 3.97. The predicted molar refractivity (Wildman–Crippen MR) is 62.4 cm³/mol. The normalized spacial score (nSPS) is 11.7. The maximum Gasteiger partial charge on any atom is 0.240 e. The van der Waals surface area contributed by atoms with Crippen LogP contribution in [-0.2, 0) is 10.0 Å². The third-order valence-electron chi connectivity index (χ3n) is 1.59. The Morgan fingerprint density at radius 1 is 1.20 bits per heavy atom. The summed E-state index contributed by atoms with van der Waals surface area (Å²) in [7, 11) is -3.54. The van der Waals surface area contributed by atoms with Crippen molar-refractivity contribution in [1.82, 2.24) is 4.72 Å². The summed E-state index contributed by atoms with van der Waals surface area (Å²) < 4.78 is 25.5. The van der Waals surface area contributed by atoms with Crippen LogP contribution in [0.5, 0.6) is 0 Å². The van der Waals surface area contributed by atoms with E-state index in [0.29, 0.717) is 5.02 Å². The second kappa shape index (κ2) is 5.37. The van der Waals surface area contributed by atoms with Gasteiger partial charge in [-0.25, -0.2) is 13.1 Å². The van der Waals surface area contributed by atoms with Gasteiger partial charge in [0.15, 0.2) is 0 Å². The van der Waals surface area contributed by atoms with Crippen LogP contribution in [0.25, 0.3) is 0 Å². The van der Waals surface area contributed by atoms with Crippen LogP contribution in [0.2, 0.25) is 10.0 Å². The van der Waals surface area contributed by atoms with Gasteiger partial charge < -0.3 is 0 Å². The summed E-state index contributed by atoms with van der Waals surface area (Å²) in [5.41, 5.74) is 0. The number of rotatable bonds is 4. The molecule has 0 bridgehead atoms. The van der Waals surface area contributed by atoms with E-state index in [0.717, 1.165) is 0 Å². The van der Waals surface area contributed by atoms with Gasteiger partial charge in [-0.3, -0.25) is 0 Å². The minimum atomic E-state index is -3.54. The van der Waals surface area contributed by atoms with Crippen LogP contribution in [0.4, 0.5) is 0 Å². The molecule has 0 aliphatic heterocycles. The van der Waals surface area contributed by atoms with Gasteiger partial charge in [-0.15, -0.1) is 11.6 Å². The number of alkyl halides is 1. The molecule has 7 heteroatoms. The van der Waals surface area contributed by atoms with Crippen molar-refractivity contribution in [3.05, 3.63) is 28.2 Å². The molecule has 0 saturated carbocycles. The van der Waals surface area contributed by atoms with Crippen LogP contribution in [0.3, 0.4) is 0 Å². The Morgan fingerprint density at radius 2 is 1.87 bits per heavy atom. The summed E-state index contributed by atoms with van der Waals surface area (Å²) in [5, 5.41) is 0.512. The summed E-state index contributed by atoms with van der Waals surface area (Å²) >= 11 is 16.7. The Balaban J connectivity index is 3.00. The Bertz CT molecular complexity index is 447. The lowest BCUT2D eigenvalue weighted by Gasteiger charge is -2.05. The van der Waals surface area contributed by atoms with E-state index in [9.17, 15) is 8.42 Å². The standard InChI is InChI=1S/C8H8Cl3NO2S/c9-3-4-12-15(13,14)6-1-2-7(10)8(11)5-6/h1-2,5,12H,3-4H2. The van der Waals surface area contributed by atoms with Gasteiger partial charge in [0.2, 0.25) is 10.0 Å². The molecule has 3 nitrogen and oxygen atoms in total. The van der Waals surface area contributed by atoms with Crippen molar-refractivity contribution in [2.45, 2.75) is 4.90 Å². The molecule has 1 rings (SSSR count). The molecule has 0 unspecified atom stereocenters. The van der Waals surface area contributed by atoms with Crippen LogP contribution < -0.4 is 4.72 Å². The van der Waals surface area contributed by atoms with E-state index < -0.39 is 10.0 Å². The van der Waals surface area contributed by atoms with E-state index in [1.165, 1.54) is 18.2 Å². The monoisotopic (exact) mass is 287 g/mol.